The number of carbonyl (C=O) groups is 2. The molecule has 3 N–H and O–H groups in total. The number of benzene rings is 2. The van der Waals surface area contributed by atoms with E-state index in [0.29, 0.717) is 36.1 Å². The third-order valence-electron chi connectivity index (χ3n) is 4.08. The Bertz CT molecular complexity index is 810. The number of anilines is 1. The molecule has 0 bridgehead atoms. The van der Waals surface area contributed by atoms with Crippen LogP contribution in [0, 0.1) is 0 Å². The molecule has 0 radical (unpaired) electrons. The van der Waals surface area contributed by atoms with Gasteiger partial charge in [-0.15, -0.1) is 0 Å². The van der Waals surface area contributed by atoms with Gasteiger partial charge in [-0.3, -0.25) is 4.79 Å². The van der Waals surface area contributed by atoms with E-state index in [9.17, 15) is 9.59 Å². The van der Waals surface area contributed by atoms with Crippen molar-refractivity contribution in [2.24, 2.45) is 0 Å². The summed E-state index contributed by atoms with van der Waals surface area (Å²) < 4.78 is 16.4. The molecule has 2 aromatic carbocycles. The predicted octanol–water partition coefficient (Wildman–Crippen LogP) is 2.16. The van der Waals surface area contributed by atoms with Crippen molar-refractivity contribution in [3.8, 4) is 17.2 Å². The topological polar surface area (TPSA) is 97.9 Å². The van der Waals surface area contributed by atoms with Crippen molar-refractivity contribution in [2.45, 2.75) is 12.5 Å². The monoisotopic (exact) mass is 385 g/mol. The van der Waals surface area contributed by atoms with Crippen LogP contribution < -0.4 is 30.2 Å². The number of methoxy groups -OCH3 is 1. The van der Waals surface area contributed by atoms with Crippen molar-refractivity contribution in [3.05, 3.63) is 48.5 Å². The molecule has 0 saturated carbocycles. The second-order valence-corrected chi connectivity index (χ2v) is 6.16. The maximum absolute atomic E-state index is 11.9. The number of hydrogen-bond acceptors (Lipinski definition) is 5. The molecule has 0 spiro atoms. The van der Waals surface area contributed by atoms with Crippen LogP contribution in [0.2, 0.25) is 0 Å². The first-order valence-corrected chi connectivity index (χ1v) is 8.98. The van der Waals surface area contributed by atoms with E-state index in [2.05, 4.69) is 16.0 Å². The van der Waals surface area contributed by atoms with E-state index in [1.54, 1.807) is 31.4 Å². The van der Waals surface area contributed by atoms with Crippen LogP contribution in [0.4, 0.5) is 10.5 Å². The second-order valence-electron chi connectivity index (χ2n) is 6.16. The molecule has 8 heteroatoms. The quantitative estimate of drug-likeness (QED) is 0.679. The molecular formula is C20H23N3O5. The largest absolute Gasteiger partial charge is 0.497 e. The smallest absolute Gasteiger partial charge is 0.319 e. The van der Waals surface area contributed by atoms with Gasteiger partial charge in [0.25, 0.3) is 0 Å². The van der Waals surface area contributed by atoms with Crippen LogP contribution in [0.3, 0.4) is 0 Å². The van der Waals surface area contributed by atoms with E-state index >= 15 is 0 Å². The molecule has 1 unspecified atom stereocenters. The number of hydrogen-bond donors (Lipinski definition) is 3. The highest BCUT2D eigenvalue weighted by atomic mass is 16.6. The van der Waals surface area contributed by atoms with Gasteiger partial charge in [0.1, 0.15) is 18.5 Å². The maximum Gasteiger partial charge on any atom is 0.319 e. The molecule has 3 amide bonds. The minimum atomic E-state index is -0.376. The number of para-hydroxylation sites is 2. The fourth-order valence-corrected chi connectivity index (χ4v) is 2.62. The van der Waals surface area contributed by atoms with Gasteiger partial charge in [-0.1, -0.05) is 12.1 Å². The molecule has 1 aliphatic heterocycles. The SMILES string of the molecule is COc1ccc(NC(=O)NCCC(=O)NCC2COc3ccccc3O2)cc1. The van der Waals surface area contributed by atoms with Crippen LogP contribution in [0.1, 0.15) is 6.42 Å². The number of carbonyl (C=O) groups excluding carboxylic acids is 2. The lowest BCUT2D eigenvalue weighted by Crippen LogP contribution is -2.41. The van der Waals surface area contributed by atoms with Crippen LogP contribution in [-0.4, -0.2) is 44.8 Å². The first kappa shape index (κ1) is 19.3. The van der Waals surface area contributed by atoms with Crippen molar-refractivity contribution in [2.75, 3.05) is 32.1 Å². The summed E-state index contributed by atoms with van der Waals surface area (Å²) in [6.07, 6.45) is -0.0783. The summed E-state index contributed by atoms with van der Waals surface area (Å²) >= 11 is 0. The fraction of sp³-hybridized carbons (Fsp3) is 0.300. The molecule has 3 rings (SSSR count). The first-order valence-electron chi connectivity index (χ1n) is 8.98. The molecule has 1 heterocycles. The van der Waals surface area contributed by atoms with E-state index in [1.165, 1.54) is 0 Å². The van der Waals surface area contributed by atoms with Gasteiger partial charge in [-0.05, 0) is 36.4 Å². The van der Waals surface area contributed by atoms with Gasteiger partial charge in [0.15, 0.2) is 11.5 Å². The predicted molar refractivity (Wildman–Crippen MR) is 104 cm³/mol. The van der Waals surface area contributed by atoms with Gasteiger partial charge in [0.2, 0.25) is 5.91 Å². The Morgan fingerprint density at radius 3 is 2.57 bits per heavy atom. The van der Waals surface area contributed by atoms with Gasteiger partial charge in [0.05, 0.1) is 13.7 Å². The molecule has 28 heavy (non-hydrogen) atoms. The Hall–Kier alpha value is -3.42. The molecule has 0 fully saturated rings. The normalized spacial score (nSPS) is 14.7. The van der Waals surface area contributed by atoms with Gasteiger partial charge in [-0.25, -0.2) is 4.79 Å². The van der Waals surface area contributed by atoms with Crippen LogP contribution in [0.15, 0.2) is 48.5 Å². The number of fused-ring (bicyclic) bond motifs is 1. The number of amides is 3. The summed E-state index contributed by atoms with van der Waals surface area (Å²) in [5.74, 6) is 1.91. The number of urea groups is 1. The van der Waals surface area contributed by atoms with Crippen molar-refractivity contribution >= 4 is 17.6 Å². The van der Waals surface area contributed by atoms with Crippen LogP contribution in [-0.2, 0) is 4.79 Å². The fourth-order valence-electron chi connectivity index (χ4n) is 2.62. The van der Waals surface area contributed by atoms with E-state index < -0.39 is 0 Å². The van der Waals surface area contributed by atoms with Crippen molar-refractivity contribution < 1.29 is 23.8 Å². The van der Waals surface area contributed by atoms with Crippen LogP contribution in [0.5, 0.6) is 17.2 Å². The molecule has 2 aromatic rings. The van der Waals surface area contributed by atoms with E-state index in [0.717, 1.165) is 0 Å². The Morgan fingerprint density at radius 1 is 1.07 bits per heavy atom. The average Bonchev–Trinajstić information content (AvgIpc) is 2.72. The van der Waals surface area contributed by atoms with E-state index in [-0.39, 0.29) is 31.0 Å². The summed E-state index contributed by atoms with van der Waals surface area (Å²) in [5, 5.41) is 8.12. The molecule has 1 aliphatic rings. The average molecular weight is 385 g/mol. The minimum absolute atomic E-state index is 0.167. The highest BCUT2D eigenvalue weighted by Crippen LogP contribution is 2.30. The van der Waals surface area contributed by atoms with Gasteiger partial charge in [-0.2, -0.15) is 0 Å². The number of rotatable bonds is 7. The lowest BCUT2D eigenvalue weighted by atomic mass is 10.2. The van der Waals surface area contributed by atoms with Crippen LogP contribution in [0.25, 0.3) is 0 Å². The number of nitrogens with one attached hydrogen (secondary N) is 3. The van der Waals surface area contributed by atoms with Crippen LogP contribution >= 0.6 is 0 Å². The van der Waals surface area contributed by atoms with E-state index in [1.807, 2.05) is 24.3 Å². The zero-order chi connectivity index (χ0) is 19.8. The second kappa shape index (κ2) is 9.50. The molecule has 0 saturated heterocycles. The minimum Gasteiger partial charge on any atom is -0.497 e. The molecule has 0 aromatic heterocycles. The Morgan fingerprint density at radius 2 is 1.82 bits per heavy atom. The van der Waals surface area contributed by atoms with Gasteiger partial charge in [0, 0.05) is 18.7 Å². The number of ether oxygens (including phenoxy) is 3. The summed E-state index contributed by atoms with van der Waals surface area (Å²) in [5.41, 5.74) is 0.637. The lowest BCUT2D eigenvalue weighted by molar-refractivity contribution is -0.121. The Labute approximate surface area is 163 Å². The lowest BCUT2D eigenvalue weighted by Gasteiger charge is -2.26. The van der Waals surface area contributed by atoms with E-state index in [4.69, 9.17) is 14.2 Å². The summed E-state index contributed by atoms with van der Waals surface area (Å²) in [4.78, 5) is 23.8. The summed E-state index contributed by atoms with van der Waals surface area (Å²) in [6.45, 7) is 0.934. The zero-order valence-electron chi connectivity index (χ0n) is 15.6. The van der Waals surface area contributed by atoms with Crippen molar-refractivity contribution in [1.82, 2.24) is 10.6 Å². The first-order chi connectivity index (χ1) is 13.6. The molecule has 0 aliphatic carbocycles. The van der Waals surface area contributed by atoms with Crippen molar-refractivity contribution in [1.29, 1.82) is 0 Å². The van der Waals surface area contributed by atoms with Gasteiger partial charge >= 0.3 is 6.03 Å². The molecule has 8 nitrogen and oxygen atoms in total. The molecule has 148 valence electrons. The van der Waals surface area contributed by atoms with Crippen molar-refractivity contribution in [3.63, 3.8) is 0 Å². The summed E-state index contributed by atoms with van der Waals surface area (Å²) in [6, 6.07) is 14.0. The highest BCUT2D eigenvalue weighted by Gasteiger charge is 2.20. The molecule has 1 atom stereocenters. The third-order valence-corrected chi connectivity index (χ3v) is 4.08. The summed E-state index contributed by atoms with van der Waals surface area (Å²) in [7, 11) is 1.58. The Kier molecular flexibility index (Phi) is 6.56. The standard InChI is InChI=1S/C20H23N3O5/c1-26-15-8-6-14(7-9-15)23-20(25)21-11-10-19(24)22-12-16-13-27-17-4-2-3-5-18(17)28-16/h2-9,16H,10-13H2,1H3,(H,22,24)(H2,21,23,25). The molecular weight excluding hydrogens is 362 g/mol. The highest BCUT2D eigenvalue weighted by molar-refractivity contribution is 5.89. The third kappa shape index (κ3) is 5.54. The maximum atomic E-state index is 11.9. The Balaban J connectivity index is 1.31. The van der Waals surface area contributed by atoms with Gasteiger partial charge < -0.3 is 30.2 Å². The zero-order valence-corrected chi connectivity index (χ0v) is 15.6.